The van der Waals surface area contributed by atoms with E-state index in [1.165, 1.54) is 0 Å². The van der Waals surface area contributed by atoms with Crippen LogP contribution in [0.15, 0.2) is 0 Å². The van der Waals surface area contributed by atoms with Crippen LogP contribution >= 0.6 is 0 Å². The van der Waals surface area contributed by atoms with Crippen molar-refractivity contribution in [2.24, 2.45) is 0 Å². The fourth-order valence-electron chi connectivity index (χ4n) is 1.37. The first-order valence-electron chi connectivity index (χ1n) is 5.07. The molecule has 0 aromatic rings. The minimum atomic E-state index is -0.326. The van der Waals surface area contributed by atoms with Crippen LogP contribution in [0.5, 0.6) is 0 Å². The summed E-state index contributed by atoms with van der Waals surface area (Å²) in [5.74, 6) is 0. The van der Waals surface area contributed by atoms with Crippen LogP contribution in [0.3, 0.4) is 0 Å². The number of nitrogens with zero attached hydrogens (tertiary/aromatic N) is 1. The molecule has 0 aliphatic rings. The van der Waals surface area contributed by atoms with Crippen molar-refractivity contribution < 1.29 is 10.2 Å². The molecule has 0 saturated heterocycles. The predicted octanol–water partition coefficient (Wildman–Crippen LogP) is 0.848. The molecule has 0 heterocycles. The third kappa shape index (κ3) is 6.02. The molecular weight excluding hydrogens is 166 g/mol. The Labute approximate surface area is 81.4 Å². The van der Waals surface area contributed by atoms with E-state index in [2.05, 4.69) is 18.7 Å². The van der Waals surface area contributed by atoms with Gasteiger partial charge < -0.3 is 10.2 Å². The number of hydrogen-bond donors (Lipinski definition) is 2. The van der Waals surface area contributed by atoms with Gasteiger partial charge in [0.1, 0.15) is 0 Å². The van der Waals surface area contributed by atoms with Gasteiger partial charge in [-0.2, -0.15) is 0 Å². The topological polar surface area (TPSA) is 43.7 Å². The molecule has 0 bridgehead atoms. The highest BCUT2D eigenvalue weighted by Gasteiger charge is 2.15. The summed E-state index contributed by atoms with van der Waals surface area (Å²) < 4.78 is 0. The molecule has 2 N–H and O–H groups in total. The fraction of sp³-hybridized carbons (Fsp3) is 1.00. The van der Waals surface area contributed by atoms with Crippen LogP contribution in [0.25, 0.3) is 0 Å². The highest BCUT2D eigenvalue weighted by molar-refractivity contribution is 4.70. The second-order valence-corrected chi connectivity index (χ2v) is 3.91. The molecule has 0 aromatic heterocycles. The summed E-state index contributed by atoms with van der Waals surface area (Å²) in [4.78, 5) is 2.12. The Balaban J connectivity index is 4.02. The van der Waals surface area contributed by atoms with Crippen LogP contribution in [0.2, 0.25) is 0 Å². The molecule has 80 valence electrons. The summed E-state index contributed by atoms with van der Waals surface area (Å²) in [6.07, 6.45) is 0.389. The van der Waals surface area contributed by atoms with E-state index in [9.17, 15) is 10.2 Å². The van der Waals surface area contributed by atoms with Crippen LogP contribution in [0.1, 0.15) is 34.1 Å². The molecule has 0 saturated carbocycles. The predicted molar refractivity (Wildman–Crippen MR) is 54.7 cm³/mol. The number of rotatable bonds is 6. The Hall–Kier alpha value is -0.120. The van der Waals surface area contributed by atoms with Crippen molar-refractivity contribution in [2.45, 2.75) is 52.4 Å². The maximum absolute atomic E-state index is 9.26. The van der Waals surface area contributed by atoms with E-state index in [-0.39, 0.29) is 12.2 Å². The van der Waals surface area contributed by atoms with E-state index in [1.807, 2.05) is 0 Å². The molecule has 3 unspecified atom stereocenters. The number of hydrogen-bond acceptors (Lipinski definition) is 3. The molecule has 0 aliphatic carbocycles. The van der Waals surface area contributed by atoms with Gasteiger partial charge in [-0.3, -0.25) is 4.90 Å². The van der Waals surface area contributed by atoms with E-state index in [4.69, 9.17) is 0 Å². The summed E-state index contributed by atoms with van der Waals surface area (Å²) in [6.45, 7) is 9.06. The molecule has 0 radical (unpaired) electrons. The Morgan fingerprint density at radius 1 is 1.00 bits per heavy atom. The second-order valence-electron chi connectivity index (χ2n) is 3.91. The summed E-state index contributed by atoms with van der Waals surface area (Å²) in [6, 6.07) is 0.421. The van der Waals surface area contributed by atoms with E-state index >= 15 is 0 Å². The Bertz CT molecular complexity index is 116. The first-order valence-corrected chi connectivity index (χ1v) is 5.07. The molecule has 0 fully saturated rings. The third-order valence-corrected chi connectivity index (χ3v) is 2.21. The molecule has 0 aromatic carbocycles. The van der Waals surface area contributed by atoms with Gasteiger partial charge in [-0.15, -0.1) is 0 Å². The van der Waals surface area contributed by atoms with Crippen molar-refractivity contribution in [1.29, 1.82) is 0 Å². The van der Waals surface area contributed by atoms with Gasteiger partial charge in [0, 0.05) is 19.1 Å². The Morgan fingerprint density at radius 2 is 1.38 bits per heavy atom. The largest absolute Gasteiger partial charge is 0.392 e. The molecule has 3 nitrogen and oxygen atoms in total. The first-order chi connectivity index (χ1) is 5.97. The molecule has 0 spiro atoms. The molecule has 13 heavy (non-hydrogen) atoms. The second kappa shape index (κ2) is 6.35. The zero-order valence-electron chi connectivity index (χ0n) is 9.20. The van der Waals surface area contributed by atoms with Gasteiger partial charge in [-0.05, 0) is 27.2 Å². The van der Waals surface area contributed by atoms with Crippen molar-refractivity contribution >= 4 is 0 Å². The van der Waals surface area contributed by atoms with Gasteiger partial charge in [0.15, 0.2) is 0 Å². The highest BCUT2D eigenvalue weighted by atomic mass is 16.3. The lowest BCUT2D eigenvalue weighted by molar-refractivity contribution is 0.0605. The smallest absolute Gasteiger partial charge is 0.0639 e. The van der Waals surface area contributed by atoms with Gasteiger partial charge in [0.05, 0.1) is 12.2 Å². The maximum atomic E-state index is 9.26. The van der Waals surface area contributed by atoms with Gasteiger partial charge in [0.25, 0.3) is 0 Å². The zero-order chi connectivity index (χ0) is 10.4. The normalized spacial score (nSPS) is 18.7. The highest BCUT2D eigenvalue weighted by Crippen LogP contribution is 2.05. The van der Waals surface area contributed by atoms with Gasteiger partial charge >= 0.3 is 0 Å². The van der Waals surface area contributed by atoms with Crippen molar-refractivity contribution in [1.82, 2.24) is 4.90 Å². The Kier molecular flexibility index (Phi) is 6.29. The third-order valence-electron chi connectivity index (χ3n) is 2.21. The minimum Gasteiger partial charge on any atom is -0.392 e. The Morgan fingerprint density at radius 3 is 1.62 bits per heavy atom. The van der Waals surface area contributed by atoms with E-state index in [0.29, 0.717) is 19.1 Å². The summed E-state index contributed by atoms with van der Waals surface area (Å²) in [5.41, 5.74) is 0. The fourth-order valence-corrected chi connectivity index (χ4v) is 1.37. The average molecular weight is 189 g/mol. The first kappa shape index (κ1) is 12.9. The number of aliphatic hydroxyl groups is 2. The van der Waals surface area contributed by atoms with Crippen LogP contribution in [0, 0.1) is 0 Å². The van der Waals surface area contributed by atoms with Crippen LogP contribution in [-0.2, 0) is 0 Å². The summed E-state index contributed by atoms with van der Waals surface area (Å²) in [7, 11) is 0. The molecule has 3 atom stereocenters. The molecular formula is C10H23NO2. The molecule has 3 heteroatoms. The van der Waals surface area contributed by atoms with E-state index in [1.54, 1.807) is 13.8 Å². The lowest BCUT2D eigenvalue weighted by Crippen LogP contribution is -2.41. The lowest BCUT2D eigenvalue weighted by atomic mass is 10.2. The van der Waals surface area contributed by atoms with Gasteiger partial charge in [-0.25, -0.2) is 0 Å². The quantitative estimate of drug-likeness (QED) is 0.651. The standard InChI is InChI=1S/C10H23NO2/c1-5-8(2)11(6-9(3)12)7-10(4)13/h8-10,12-13H,5-7H2,1-4H3. The molecule has 0 aliphatic heterocycles. The van der Waals surface area contributed by atoms with Crippen LogP contribution < -0.4 is 0 Å². The van der Waals surface area contributed by atoms with Crippen molar-refractivity contribution in [2.75, 3.05) is 13.1 Å². The summed E-state index contributed by atoms with van der Waals surface area (Å²) >= 11 is 0. The number of aliphatic hydroxyl groups excluding tert-OH is 2. The SMILES string of the molecule is CCC(C)N(CC(C)O)CC(C)O. The summed E-state index contributed by atoms with van der Waals surface area (Å²) in [5, 5.41) is 18.5. The van der Waals surface area contributed by atoms with Crippen molar-refractivity contribution in [3.05, 3.63) is 0 Å². The lowest BCUT2D eigenvalue weighted by Gasteiger charge is -2.30. The molecule has 0 amide bonds. The maximum Gasteiger partial charge on any atom is 0.0639 e. The van der Waals surface area contributed by atoms with Crippen molar-refractivity contribution in [3.63, 3.8) is 0 Å². The van der Waals surface area contributed by atoms with Crippen LogP contribution in [0.4, 0.5) is 0 Å². The molecule has 0 rings (SSSR count). The monoisotopic (exact) mass is 189 g/mol. The zero-order valence-corrected chi connectivity index (χ0v) is 9.20. The van der Waals surface area contributed by atoms with Crippen LogP contribution in [-0.4, -0.2) is 46.5 Å². The average Bonchev–Trinajstić information content (AvgIpc) is 2.00. The van der Waals surface area contributed by atoms with Crippen molar-refractivity contribution in [3.8, 4) is 0 Å². The van der Waals surface area contributed by atoms with Gasteiger partial charge in [0.2, 0.25) is 0 Å². The van der Waals surface area contributed by atoms with E-state index in [0.717, 1.165) is 6.42 Å². The van der Waals surface area contributed by atoms with Gasteiger partial charge in [-0.1, -0.05) is 6.92 Å². The van der Waals surface area contributed by atoms with E-state index < -0.39 is 0 Å². The minimum absolute atomic E-state index is 0.326.